The maximum Gasteiger partial charge on any atom is 0.239 e. The van der Waals surface area contributed by atoms with E-state index in [1.165, 1.54) is 0 Å². The van der Waals surface area contributed by atoms with Crippen LogP contribution < -0.4 is 0 Å². The van der Waals surface area contributed by atoms with Crippen molar-refractivity contribution in [2.24, 2.45) is 0 Å². The molecule has 124 valence electrons. The lowest BCUT2D eigenvalue weighted by molar-refractivity contribution is -0.137. The van der Waals surface area contributed by atoms with Crippen LogP contribution in [0.1, 0.15) is 26.0 Å². The Labute approximate surface area is 132 Å². The van der Waals surface area contributed by atoms with Crippen molar-refractivity contribution in [2.75, 3.05) is 25.1 Å². The van der Waals surface area contributed by atoms with Gasteiger partial charge in [-0.3, -0.25) is 9.69 Å². The fourth-order valence-corrected chi connectivity index (χ4v) is 4.61. The van der Waals surface area contributed by atoms with E-state index < -0.39 is 9.84 Å². The van der Waals surface area contributed by atoms with Gasteiger partial charge in [-0.25, -0.2) is 8.42 Å². The fourth-order valence-electron chi connectivity index (χ4n) is 2.84. The topological polar surface area (TPSA) is 70.8 Å². The molecule has 0 aliphatic carbocycles. The van der Waals surface area contributed by atoms with Crippen LogP contribution in [0.2, 0.25) is 0 Å². The second kappa shape index (κ2) is 6.83. The summed E-state index contributed by atoms with van der Waals surface area (Å²) in [4.78, 5) is 16.2. The molecule has 2 unspecified atom stereocenters. The normalized spacial score (nSPS) is 21.9. The highest BCUT2D eigenvalue weighted by atomic mass is 32.2. The Kier molecular flexibility index (Phi) is 5.28. The summed E-state index contributed by atoms with van der Waals surface area (Å²) in [5.41, 5.74) is 0. The highest BCUT2D eigenvalue weighted by Crippen LogP contribution is 2.19. The molecule has 7 heteroatoms. The minimum atomic E-state index is -2.99. The summed E-state index contributed by atoms with van der Waals surface area (Å²) in [6, 6.07) is 3.18. The molecule has 1 saturated heterocycles. The number of likely N-dealkylation sites (N-methyl/N-ethyl adjacent to an activating group) is 2. The number of nitrogens with zero attached hydrogens (tertiary/aromatic N) is 2. The van der Waals surface area contributed by atoms with Crippen LogP contribution in [-0.4, -0.2) is 61.3 Å². The molecule has 1 amide bonds. The van der Waals surface area contributed by atoms with Crippen LogP contribution >= 0.6 is 0 Å². The molecule has 0 radical (unpaired) electrons. The first-order valence-corrected chi connectivity index (χ1v) is 9.39. The molecule has 1 aliphatic heterocycles. The van der Waals surface area contributed by atoms with Crippen molar-refractivity contribution in [3.8, 4) is 0 Å². The van der Waals surface area contributed by atoms with Gasteiger partial charge in [0.2, 0.25) is 5.91 Å². The van der Waals surface area contributed by atoms with E-state index in [2.05, 4.69) is 0 Å². The molecule has 1 fully saturated rings. The quantitative estimate of drug-likeness (QED) is 0.783. The standard InChI is InChI=1S/C15H24N2O4S/c1-4-17(10-14-6-5-8-21-14)12(2)15(18)16(3)13-7-9-22(19,20)11-13/h5-6,8,12-13H,4,7,9-11H2,1-3H3. The van der Waals surface area contributed by atoms with Gasteiger partial charge in [0.1, 0.15) is 5.76 Å². The third-order valence-electron chi connectivity index (χ3n) is 4.35. The largest absolute Gasteiger partial charge is 0.468 e. The van der Waals surface area contributed by atoms with Gasteiger partial charge in [0, 0.05) is 13.1 Å². The second-order valence-electron chi connectivity index (χ2n) is 5.82. The van der Waals surface area contributed by atoms with Gasteiger partial charge in [0.25, 0.3) is 0 Å². The van der Waals surface area contributed by atoms with Gasteiger partial charge in [0.05, 0.1) is 30.4 Å². The highest BCUT2D eigenvalue weighted by Gasteiger charge is 2.35. The van der Waals surface area contributed by atoms with Gasteiger partial charge in [-0.1, -0.05) is 6.92 Å². The highest BCUT2D eigenvalue weighted by molar-refractivity contribution is 7.91. The summed E-state index contributed by atoms with van der Waals surface area (Å²) in [5, 5.41) is 0. The van der Waals surface area contributed by atoms with Crippen LogP contribution in [0.5, 0.6) is 0 Å². The zero-order chi connectivity index (χ0) is 16.3. The fraction of sp³-hybridized carbons (Fsp3) is 0.667. The monoisotopic (exact) mass is 328 g/mol. The van der Waals surface area contributed by atoms with Crippen LogP contribution in [0.3, 0.4) is 0 Å². The first-order chi connectivity index (χ1) is 10.3. The van der Waals surface area contributed by atoms with E-state index in [1.54, 1.807) is 18.2 Å². The second-order valence-corrected chi connectivity index (χ2v) is 8.05. The number of amides is 1. The van der Waals surface area contributed by atoms with Crippen LogP contribution in [0, 0.1) is 0 Å². The number of carbonyl (C=O) groups is 1. The molecule has 0 saturated carbocycles. The molecular weight excluding hydrogens is 304 g/mol. The smallest absolute Gasteiger partial charge is 0.239 e. The number of hydrogen-bond donors (Lipinski definition) is 0. The van der Waals surface area contributed by atoms with E-state index in [9.17, 15) is 13.2 Å². The molecule has 2 atom stereocenters. The molecule has 0 aromatic carbocycles. The van der Waals surface area contributed by atoms with Crippen molar-refractivity contribution in [2.45, 2.75) is 38.9 Å². The van der Waals surface area contributed by atoms with Crippen molar-refractivity contribution in [1.29, 1.82) is 0 Å². The third kappa shape index (κ3) is 3.89. The van der Waals surface area contributed by atoms with Crippen molar-refractivity contribution >= 4 is 15.7 Å². The predicted molar refractivity (Wildman–Crippen MR) is 84.1 cm³/mol. The molecule has 2 rings (SSSR count). The van der Waals surface area contributed by atoms with E-state index in [0.29, 0.717) is 19.5 Å². The van der Waals surface area contributed by atoms with Gasteiger partial charge in [-0.15, -0.1) is 0 Å². The summed E-state index contributed by atoms with van der Waals surface area (Å²) >= 11 is 0. The molecule has 0 spiro atoms. The van der Waals surface area contributed by atoms with Crippen LogP contribution in [0.15, 0.2) is 22.8 Å². The van der Waals surface area contributed by atoms with E-state index in [0.717, 1.165) is 5.76 Å². The number of sulfone groups is 1. The summed E-state index contributed by atoms with van der Waals surface area (Å²) < 4.78 is 28.5. The van der Waals surface area contributed by atoms with E-state index >= 15 is 0 Å². The molecular formula is C15H24N2O4S. The molecule has 6 nitrogen and oxygen atoms in total. The molecule has 1 aromatic rings. The zero-order valence-electron chi connectivity index (χ0n) is 13.4. The lowest BCUT2D eigenvalue weighted by atomic mass is 10.1. The van der Waals surface area contributed by atoms with Gasteiger partial charge in [0.15, 0.2) is 9.84 Å². The van der Waals surface area contributed by atoms with Crippen molar-refractivity contribution in [1.82, 2.24) is 9.80 Å². The predicted octanol–water partition coefficient (Wildman–Crippen LogP) is 1.14. The van der Waals surface area contributed by atoms with Crippen molar-refractivity contribution in [3.05, 3.63) is 24.2 Å². The van der Waals surface area contributed by atoms with E-state index in [-0.39, 0.29) is 29.5 Å². The summed E-state index contributed by atoms with van der Waals surface area (Å²) in [6.45, 7) is 5.12. The summed E-state index contributed by atoms with van der Waals surface area (Å²) in [5.74, 6) is 1.02. The first-order valence-electron chi connectivity index (χ1n) is 7.57. The van der Waals surface area contributed by atoms with E-state index in [4.69, 9.17) is 4.42 Å². The number of furan rings is 1. The number of carbonyl (C=O) groups excluding carboxylic acids is 1. The minimum Gasteiger partial charge on any atom is -0.468 e. The summed E-state index contributed by atoms with van der Waals surface area (Å²) in [6.07, 6.45) is 2.15. The van der Waals surface area contributed by atoms with Crippen LogP contribution in [0.4, 0.5) is 0 Å². The Morgan fingerprint density at radius 3 is 2.73 bits per heavy atom. The average molecular weight is 328 g/mol. The van der Waals surface area contributed by atoms with Gasteiger partial charge in [-0.2, -0.15) is 0 Å². The Balaban J connectivity index is 2.00. The molecule has 0 N–H and O–H groups in total. The Hall–Kier alpha value is -1.34. The molecule has 2 heterocycles. The third-order valence-corrected chi connectivity index (χ3v) is 6.10. The number of hydrogen-bond acceptors (Lipinski definition) is 5. The Morgan fingerprint density at radius 1 is 1.50 bits per heavy atom. The van der Waals surface area contributed by atoms with Gasteiger partial charge in [-0.05, 0) is 32.0 Å². The molecule has 1 aromatic heterocycles. The molecule has 1 aliphatic rings. The average Bonchev–Trinajstić information content (AvgIpc) is 3.11. The van der Waals surface area contributed by atoms with Crippen LogP contribution in [0.25, 0.3) is 0 Å². The minimum absolute atomic E-state index is 0.0458. The maximum absolute atomic E-state index is 12.6. The maximum atomic E-state index is 12.6. The van der Waals surface area contributed by atoms with E-state index in [1.807, 2.05) is 30.9 Å². The first kappa shape index (κ1) is 17.0. The SMILES string of the molecule is CCN(Cc1ccco1)C(C)C(=O)N(C)C1CCS(=O)(=O)C1. The zero-order valence-corrected chi connectivity index (χ0v) is 14.2. The Morgan fingerprint density at radius 2 is 2.23 bits per heavy atom. The molecule has 22 heavy (non-hydrogen) atoms. The number of rotatable bonds is 6. The summed E-state index contributed by atoms with van der Waals surface area (Å²) in [7, 11) is -1.29. The lowest BCUT2D eigenvalue weighted by Gasteiger charge is -2.32. The van der Waals surface area contributed by atoms with Crippen molar-refractivity contribution < 1.29 is 17.6 Å². The van der Waals surface area contributed by atoms with Gasteiger partial charge >= 0.3 is 0 Å². The lowest BCUT2D eigenvalue weighted by Crippen LogP contribution is -2.49. The van der Waals surface area contributed by atoms with Crippen LogP contribution in [-0.2, 0) is 21.2 Å². The van der Waals surface area contributed by atoms with Gasteiger partial charge < -0.3 is 9.32 Å². The van der Waals surface area contributed by atoms with Crippen molar-refractivity contribution in [3.63, 3.8) is 0 Å². The molecule has 0 bridgehead atoms. The Bertz CT molecular complexity index is 597.